The van der Waals surface area contributed by atoms with Gasteiger partial charge in [0, 0.05) is 12.1 Å². The van der Waals surface area contributed by atoms with Gasteiger partial charge in [-0.15, -0.1) is 0 Å². The standard InChI is InChI=1S/C15H24NO2P/c1-13-10-11-16(15(2,3)4)19(17,18-13)12-14-8-6-5-7-9-14/h5-9,13H,10-12H2,1-4H3/t13-,19-/m0/s1. The quantitative estimate of drug-likeness (QED) is 0.757. The summed E-state index contributed by atoms with van der Waals surface area (Å²) in [7, 11) is -2.79. The molecule has 0 bridgehead atoms. The van der Waals surface area contributed by atoms with Crippen molar-refractivity contribution in [1.29, 1.82) is 0 Å². The van der Waals surface area contributed by atoms with Crippen LogP contribution in [0.25, 0.3) is 0 Å². The van der Waals surface area contributed by atoms with Crippen LogP contribution in [0.5, 0.6) is 0 Å². The summed E-state index contributed by atoms with van der Waals surface area (Å²) in [4.78, 5) is 0. The maximum absolute atomic E-state index is 13.3. The second-order valence-corrected chi connectivity index (χ2v) is 8.56. The minimum absolute atomic E-state index is 0.0770. The molecule has 1 heterocycles. The average molecular weight is 281 g/mol. The second-order valence-electron chi connectivity index (χ2n) is 6.28. The van der Waals surface area contributed by atoms with Gasteiger partial charge in [-0.25, -0.2) is 4.67 Å². The van der Waals surface area contributed by atoms with Crippen LogP contribution in [-0.2, 0) is 15.3 Å². The lowest BCUT2D eigenvalue weighted by molar-refractivity contribution is 0.0992. The predicted molar refractivity (Wildman–Crippen MR) is 79.4 cm³/mol. The molecule has 1 aromatic carbocycles. The SMILES string of the molecule is C[C@H]1CCN(C(C)(C)C)[P@](=O)(Cc2ccccc2)O1. The van der Waals surface area contributed by atoms with Crippen LogP contribution >= 0.6 is 7.52 Å². The van der Waals surface area contributed by atoms with Gasteiger partial charge in [-0.05, 0) is 39.7 Å². The monoisotopic (exact) mass is 281 g/mol. The molecule has 1 aliphatic heterocycles. The van der Waals surface area contributed by atoms with Crippen molar-refractivity contribution in [3.63, 3.8) is 0 Å². The predicted octanol–water partition coefficient (Wildman–Crippen LogP) is 4.29. The van der Waals surface area contributed by atoms with Crippen LogP contribution in [0.3, 0.4) is 0 Å². The first-order chi connectivity index (χ1) is 8.81. The van der Waals surface area contributed by atoms with Gasteiger partial charge in [0.1, 0.15) is 0 Å². The average Bonchev–Trinajstić information content (AvgIpc) is 2.27. The van der Waals surface area contributed by atoms with Crippen LogP contribution in [0.4, 0.5) is 0 Å². The van der Waals surface area contributed by atoms with Crippen molar-refractivity contribution in [2.75, 3.05) is 6.54 Å². The van der Waals surface area contributed by atoms with Gasteiger partial charge < -0.3 is 4.52 Å². The zero-order chi connectivity index (χ0) is 14.1. The molecule has 0 aromatic heterocycles. The molecule has 0 N–H and O–H groups in total. The van der Waals surface area contributed by atoms with E-state index in [0.29, 0.717) is 6.16 Å². The highest BCUT2D eigenvalue weighted by Gasteiger charge is 2.43. The maximum atomic E-state index is 13.3. The number of rotatable bonds is 2. The normalized spacial score (nSPS) is 29.4. The van der Waals surface area contributed by atoms with E-state index in [1.807, 2.05) is 37.3 Å². The number of benzene rings is 1. The van der Waals surface area contributed by atoms with Crippen molar-refractivity contribution in [3.8, 4) is 0 Å². The van der Waals surface area contributed by atoms with Gasteiger partial charge in [-0.3, -0.25) is 4.57 Å². The summed E-state index contributed by atoms with van der Waals surface area (Å²) < 4.78 is 21.3. The van der Waals surface area contributed by atoms with Gasteiger partial charge in [-0.2, -0.15) is 0 Å². The van der Waals surface area contributed by atoms with E-state index >= 15 is 0 Å². The van der Waals surface area contributed by atoms with E-state index in [9.17, 15) is 4.57 Å². The Hall–Kier alpha value is -0.630. The Morgan fingerprint density at radius 1 is 1.32 bits per heavy atom. The van der Waals surface area contributed by atoms with Crippen LogP contribution < -0.4 is 0 Å². The Morgan fingerprint density at radius 3 is 2.53 bits per heavy atom. The van der Waals surface area contributed by atoms with E-state index in [2.05, 4.69) is 25.4 Å². The lowest BCUT2D eigenvalue weighted by Gasteiger charge is -2.45. The summed E-state index contributed by atoms with van der Waals surface area (Å²) in [5, 5.41) is 0. The zero-order valence-corrected chi connectivity index (χ0v) is 13.2. The van der Waals surface area contributed by atoms with Gasteiger partial charge in [0.15, 0.2) is 0 Å². The summed E-state index contributed by atoms with van der Waals surface area (Å²) in [5.74, 6) is 0. The summed E-state index contributed by atoms with van der Waals surface area (Å²) in [6.07, 6.45) is 1.51. The van der Waals surface area contributed by atoms with Crippen LogP contribution in [0.2, 0.25) is 0 Å². The highest BCUT2D eigenvalue weighted by Crippen LogP contribution is 2.60. The van der Waals surface area contributed by atoms with E-state index in [0.717, 1.165) is 18.5 Å². The molecule has 1 saturated heterocycles. The van der Waals surface area contributed by atoms with Gasteiger partial charge in [0.25, 0.3) is 7.52 Å². The fourth-order valence-electron chi connectivity index (χ4n) is 2.58. The third kappa shape index (κ3) is 3.47. The minimum Gasteiger partial charge on any atom is -0.314 e. The molecular formula is C15H24NO2P. The Balaban J connectivity index is 2.27. The van der Waals surface area contributed by atoms with Crippen molar-refractivity contribution in [1.82, 2.24) is 4.67 Å². The largest absolute Gasteiger partial charge is 0.314 e. The number of hydrogen-bond acceptors (Lipinski definition) is 2. The smallest absolute Gasteiger partial charge is 0.277 e. The van der Waals surface area contributed by atoms with Crippen LogP contribution in [0.1, 0.15) is 39.7 Å². The lowest BCUT2D eigenvalue weighted by Crippen LogP contribution is -2.44. The first-order valence-corrected chi connectivity index (χ1v) is 8.67. The maximum Gasteiger partial charge on any atom is 0.277 e. The summed E-state index contributed by atoms with van der Waals surface area (Å²) in [6.45, 7) is 9.16. The van der Waals surface area contributed by atoms with E-state index < -0.39 is 7.52 Å². The van der Waals surface area contributed by atoms with Gasteiger partial charge in [0.2, 0.25) is 0 Å². The first-order valence-electron chi connectivity index (χ1n) is 6.91. The second kappa shape index (κ2) is 5.40. The summed E-state index contributed by atoms with van der Waals surface area (Å²) in [6, 6.07) is 9.98. The molecule has 0 radical (unpaired) electrons. The van der Waals surface area contributed by atoms with Gasteiger partial charge >= 0.3 is 0 Å². The number of nitrogens with zero attached hydrogens (tertiary/aromatic N) is 1. The van der Waals surface area contributed by atoms with Crippen molar-refractivity contribution < 1.29 is 9.09 Å². The lowest BCUT2D eigenvalue weighted by atomic mass is 10.1. The van der Waals surface area contributed by atoms with Crippen LogP contribution in [0, 0.1) is 0 Å². The molecule has 0 saturated carbocycles. The van der Waals surface area contributed by atoms with Crippen molar-refractivity contribution in [3.05, 3.63) is 35.9 Å². The zero-order valence-electron chi connectivity index (χ0n) is 12.3. The molecule has 0 aliphatic carbocycles. The van der Waals surface area contributed by atoms with Crippen molar-refractivity contribution >= 4 is 7.52 Å². The Labute approximate surface area is 116 Å². The molecule has 1 fully saturated rings. The van der Waals surface area contributed by atoms with Crippen LogP contribution in [-0.4, -0.2) is 22.9 Å². The molecule has 0 unspecified atom stereocenters. The fourth-order valence-corrected chi connectivity index (χ4v) is 5.61. The van der Waals surface area contributed by atoms with E-state index in [1.165, 1.54) is 0 Å². The molecule has 0 spiro atoms. The van der Waals surface area contributed by atoms with Gasteiger partial charge in [-0.1, -0.05) is 30.3 Å². The fraction of sp³-hybridized carbons (Fsp3) is 0.600. The molecule has 0 amide bonds. The molecule has 2 rings (SSSR count). The molecule has 19 heavy (non-hydrogen) atoms. The first kappa shape index (κ1) is 14.8. The van der Waals surface area contributed by atoms with Crippen molar-refractivity contribution in [2.45, 2.75) is 51.9 Å². The minimum atomic E-state index is -2.79. The molecule has 4 heteroatoms. The Bertz CT molecular complexity index is 467. The Kier molecular flexibility index (Phi) is 4.20. The third-order valence-corrected chi connectivity index (χ3v) is 6.45. The molecule has 3 nitrogen and oxygen atoms in total. The Morgan fingerprint density at radius 2 is 1.95 bits per heavy atom. The van der Waals surface area contributed by atoms with Gasteiger partial charge in [0.05, 0.1) is 12.3 Å². The van der Waals surface area contributed by atoms with Crippen molar-refractivity contribution in [2.24, 2.45) is 0 Å². The highest BCUT2D eigenvalue weighted by atomic mass is 31.2. The molecule has 1 aromatic rings. The molecule has 1 aliphatic rings. The van der Waals surface area contributed by atoms with Crippen LogP contribution in [0.15, 0.2) is 30.3 Å². The van der Waals surface area contributed by atoms with E-state index in [4.69, 9.17) is 4.52 Å². The molecular weight excluding hydrogens is 257 g/mol. The van der Waals surface area contributed by atoms with E-state index in [-0.39, 0.29) is 11.6 Å². The summed E-state index contributed by atoms with van der Waals surface area (Å²) >= 11 is 0. The third-order valence-electron chi connectivity index (χ3n) is 3.46. The highest BCUT2D eigenvalue weighted by molar-refractivity contribution is 7.55. The molecule has 106 valence electrons. The topological polar surface area (TPSA) is 29.5 Å². The molecule has 2 atom stereocenters. The number of hydrogen-bond donors (Lipinski definition) is 0. The van der Waals surface area contributed by atoms with E-state index in [1.54, 1.807) is 0 Å². The summed E-state index contributed by atoms with van der Waals surface area (Å²) in [5.41, 5.74) is 0.943.